The summed E-state index contributed by atoms with van der Waals surface area (Å²) in [5, 5.41) is 3.54. The van der Waals surface area contributed by atoms with Gasteiger partial charge in [-0.25, -0.2) is 0 Å². The van der Waals surface area contributed by atoms with Gasteiger partial charge in [0, 0.05) is 22.0 Å². The van der Waals surface area contributed by atoms with Crippen LogP contribution in [0.3, 0.4) is 0 Å². The van der Waals surface area contributed by atoms with Gasteiger partial charge in [0.2, 0.25) is 0 Å². The number of aromatic nitrogens is 1. The Morgan fingerprint density at radius 1 is 0.743 bits per heavy atom. The number of hydrogen-bond acceptors (Lipinski definition) is 3. The van der Waals surface area contributed by atoms with Crippen molar-refractivity contribution in [2.24, 2.45) is 0 Å². The van der Waals surface area contributed by atoms with Crippen LogP contribution in [0.25, 0.3) is 32.8 Å². The summed E-state index contributed by atoms with van der Waals surface area (Å²) in [6, 6.07) is 34.2. The predicted molar refractivity (Wildman–Crippen MR) is 146 cm³/mol. The number of benzene rings is 4. The molecule has 4 aromatic carbocycles. The van der Waals surface area contributed by atoms with Crippen molar-refractivity contribution < 1.29 is 4.42 Å². The molecule has 0 radical (unpaired) electrons. The molecule has 0 amide bonds. The number of rotatable bonds is 3. The first-order valence-electron chi connectivity index (χ1n) is 12.2. The van der Waals surface area contributed by atoms with E-state index in [1.54, 1.807) is 0 Å². The summed E-state index contributed by atoms with van der Waals surface area (Å²) in [7, 11) is 0. The molecule has 4 heteroatoms. The summed E-state index contributed by atoms with van der Waals surface area (Å²) in [6.45, 7) is 6.89. The van der Waals surface area contributed by atoms with Gasteiger partial charge in [-0.15, -0.1) is 0 Å². The number of H-pyrrole nitrogens is 1. The van der Waals surface area contributed by atoms with Gasteiger partial charge in [0.25, 0.3) is 0 Å². The number of anilines is 3. The van der Waals surface area contributed by atoms with Crippen LogP contribution in [0.1, 0.15) is 26.5 Å². The molecule has 1 unspecified atom stereocenters. The molecule has 1 N–H and O–H groups in total. The van der Waals surface area contributed by atoms with Gasteiger partial charge >= 0.3 is 0 Å². The Morgan fingerprint density at radius 2 is 1.43 bits per heavy atom. The number of aromatic amines is 1. The molecule has 0 fully saturated rings. The zero-order chi connectivity index (χ0) is 23.7. The number of nitrogens with one attached hydrogen (secondary N) is 1. The SMILES string of the molecule is CC1N(c2cccc3c2oc2ccccc23)c2ccccc2N1C(C)(C)c1cc2ccccc2[nH]1. The zero-order valence-electron chi connectivity index (χ0n) is 20.1. The summed E-state index contributed by atoms with van der Waals surface area (Å²) in [5.74, 6) is 0. The minimum Gasteiger partial charge on any atom is -0.454 e. The van der Waals surface area contributed by atoms with Crippen molar-refractivity contribution >= 4 is 49.9 Å². The van der Waals surface area contributed by atoms with Gasteiger partial charge in [-0.1, -0.05) is 60.7 Å². The third-order valence-corrected chi connectivity index (χ3v) is 7.58. The monoisotopic (exact) mass is 457 g/mol. The normalized spacial score (nSPS) is 16.0. The van der Waals surface area contributed by atoms with Crippen LogP contribution < -0.4 is 9.80 Å². The van der Waals surface area contributed by atoms with Crippen molar-refractivity contribution in [3.05, 3.63) is 103 Å². The molecular formula is C31H27N3O. The van der Waals surface area contributed by atoms with E-state index in [2.05, 4.69) is 120 Å². The highest BCUT2D eigenvalue weighted by Crippen LogP contribution is 2.51. The van der Waals surface area contributed by atoms with Crippen molar-refractivity contribution in [3.63, 3.8) is 0 Å². The average molecular weight is 458 g/mol. The molecule has 0 saturated carbocycles. The molecule has 0 saturated heterocycles. The van der Waals surface area contributed by atoms with Gasteiger partial charge in [0.1, 0.15) is 11.7 Å². The molecule has 1 aliphatic rings. The van der Waals surface area contributed by atoms with Gasteiger partial charge < -0.3 is 19.2 Å². The summed E-state index contributed by atoms with van der Waals surface area (Å²) in [5.41, 5.74) is 7.45. The number of fused-ring (bicyclic) bond motifs is 5. The summed E-state index contributed by atoms with van der Waals surface area (Å²) in [6.07, 6.45) is 0.0765. The zero-order valence-corrected chi connectivity index (χ0v) is 20.1. The van der Waals surface area contributed by atoms with E-state index in [4.69, 9.17) is 4.42 Å². The van der Waals surface area contributed by atoms with Gasteiger partial charge in [-0.2, -0.15) is 0 Å². The third-order valence-electron chi connectivity index (χ3n) is 7.58. The Labute approximate surface area is 204 Å². The average Bonchev–Trinajstić information content (AvgIpc) is 3.55. The molecule has 7 rings (SSSR count). The van der Waals surface area contributed by atoms with E-state index >= 15 is 0 Å². The van der Waals surface area contributed by atoms with Gasteiger partial charge in [0.15, 0.2) is 5.58 Å². The van der Waals surface area contributed by atoms with Crippen LogP contribution in [-0.4, -0.2) is 11.1 Å². The van der Waals surface area contributed by atoms with E-state index in [1.807, 2.05) is 12.1 Å². The summed E-state index contributed by atoms with van der Waals surface area (Å²) < 4.78 is 6.44. The van der Waals surface area contributed by atoms with Crippen LogP contribution in [0.2, 0.25) is 0 Å². The highest BCUT2D eigenvalue weighted by molar-refractivity contribution is 6.10. The fourth-order valence-corrected chi connectivity index (χ4v) is 5.94. The fraction of sp³-hybridized carbons (Fsp3) is 0.161. The van der Waals surface area contributed by atoms with Gasteiger partial charge in [-0.05, 0) is 62.6 Å². The lowest BCUT2D eigenvalue weighted by atomic mass is 9.96. The highest BCUT2D eigenvalue weighted by Gasteiger charge is 2.43. The first-order chi connectivity index (χ1) is 17.0. The van der Waals surface area contributed by atoms with Crippen LogP contribution in [0.4, 0.5) is 17.1 Å². The van der Waals surface area contributed by atoms with E-state index in [9.17, 15) is 0 Å². The van der Waals surface area contributed by atoms with E-state index in [1.165, 1.54) is 28.0 Å². The number of nitrogens with zero attached hydrogens (tertiary/aromatic N) is 2. The Morgan fingerprint density at radius 3 is 2.29 bits per heavy atom. The Kier molecular flexibility index (Phi) is 4.13. The quantitative estimate of drug-likeness (QED) is 0.290. The molecule has 35 heavy (non-hydrogen) atoms. The van der Waals surface area contributed by atoms with Crippen molar-refractivity contribution in [3.8, 4) is 0 Å². The van der Waals surface area contributed by atoms with Crippen molar-refractivity contribution in [1.82, 2.24) is 4.98 Å². The molecule has 0 bridgehead atoms. The number of furan rings is 1. The van der Waals surface area contributed by atoms with E-state index in [0.717, 1.165) is 27.6 Å². The standard InChI is InChI=1S/C31H27N3O/c1-20-33(27-17-10-13-23-22-12-5-9-18-28(22)35-30(23)27)25-15-7-8-16-26(25)34(20)31(2,3)29-19-21-11-4-6-14-24(21)32-29/h4-20,32H,1-3H3. The minimum atomic E-state index is -0.273. The largest absolute Gasteiger partial charge is 0.454 e. The minimum absolute atomic E-state index is 0.0765. The molecule has 172 valence electrons. The molecule has 6 aromatic rings. The Balaban J connectivity index is 1.41. The maximum atomic E-state index is 6.44. The van der Waals surface area contributed by atoms with E-state index < -0.39 is 0 Å². The topological polar surface area (TPSA) is 35.4 Å². The molecule has 0 aliphatic carbocycles. The Hall–Kier alpha value is -4.18. The lowest BCUT2D eigenvalue weighted by molar-refractivity contribution is 0.439. The second kappa shape index (κ2) is 7.16. The van der Waals surface area contributed by atoms with Crippen LogP contribution in [0.5, 0.6) is 0 Å². The maximum absolute atomic E-state index is 6.44. The van der Waals surface area contributed by atoms with Crippen LogP contribution in [0, 0.1) is 0 Å². The molecule has 1 aliphatic heterocycles. The van der Waals surface area contributed by atoms with Crippen molar-refractivity contribution in [2.45, 2.75) is 32.5 Å². The third kappa shape index (κ3) is 2.80. The lowest BCUT2D eigenvalue weighted by Gasteiger charge is -2.41. The fourth-order valence-electron chi connectivity index (χ4n) is 5.94. The molecule has 3 heterocycles. The maximum Gasteiger partial charge on any atom is 0.159 e. The Bertz CT molecular complexity index is 1690. The molecule has 2 aromatic heterocycles. The summed E-state index contributed by atoms with van der Waals surface area (Å²) in [4.78, 5) is 8.63. The molecule has 4 nitrogen and oxygen atoms in total. The number of para-hydroxylation sites is 5. The van der Waals surface area contributed by atoms with E-state index in [0.29, 0.717) is 0 Å². The molecule has 0 spiro atoms. The smallest absolute Gasteiger partial charge is 0.159 e. The van der Waals surface area contributed by atoms with Crippen LogP contribution in [0.15, 0.2) is 101 Å². The second-order valence-corrected chi connectivity index (χ2v) is 9.94. The predicted octanol–water partition coefficient (Wildman–Crippen LogP) is 8.31. The molecule has 1 atom stereocenters. The highest BCUT2D eigenvalue weighted by atomic mass is 16.3. The van der Waals surface area contributed by atoms with Crippen molar-refractivity contribution in [2.75, 3.05) is 9.80 Å². The van der Waals surface area contributed by atoms with Crippen molar-refractivity contribution in [1.29, 1.82) is 0 Å². The first-order valence-corrected chi connectivity index (χ1v) is 12.2. The lowest BCUT2D eigenvalue weighted by Crippen LogP contribution is -2.49. The van der Waals surface area contributed by atoms with E-state index in [-0.39, 0.29) is 11.7 Å². The summed E-state index contributed by atoms with van der Waals surface area (Å²) >= 11 is 0. The van der Waals surface area contributed by atoms with Gasteiger partial charge in [0.05, 0.1) is 22.6 Å². The molecular weight excluding hydrogens is 430 g/mol. The first kappa shape index (κ1) is 20.2. The van der Waals surface area contributed by atoms with Crippen LogP contribution >= 0.6 is 0 Å². The van der Waals surface area contributed by atoms with Gasteiger partial charge in [-0.3, -0.25) is 0 Å². The second-order valence-electron chi connectivity index (χ2n) is 9.94. The van der Waals surface area contributed by atoms with Crippen LogP contribution in [-0.2, 0) is 5.54 Å². The number of hydrogen-bond donors (Lipinski definition) is 1.